The third kappa shape index (κ3) is 4.55. The van der Waals surface area contributed by atoms with Gasteiger partial charge >= 0.3 is 6.03 Å². The van der Waals surface area contributed by atoms with Gasteiger partial charge in [-0.3, -0.25) is 0 Å². The fourth-order valence-electron chi connectivity index (χ4n) is 3.27. The Morgan fingerprint density at radius 3 is 2.77 bits per heavy atom. The minimum absolute atomic E-state index is 0.0307. The Morgan fingerprint density at radius 2 is 2.12 bits per heavy atom. The van der Waals surface area contributed by atoms with E-state index in [1.807, 2.05) is 56.9 Å². The molecule has 2 aromatic rings. The van der Waals surface area contributed by atoms with Gasteiger partial charge in [0.15, 0.2) is 0 Å². The molecule has 0 aliphatic carbocycles. The highest BCUT2D eigenvalue weighted by Crippen LogP contribution is 2.28. The number of aryl methyl sites for hydroxylation is 1. The first kappa shape index (κ1) is 19.1. The number of nitrogens with one attached hydrogen (secondary N) is 1. The van der Waals surface area contributed by atoms with Crippen molar-refractivity contribution in [1.29, 1.82) is 0 Å². The highest BCUT2D eigenvalue weighted by Gasteiger charge is 2.33. The second-order valence-electron chi connectivity index (χ2n) is 7.25. The smallest absolute Gasteiger partial charge is 0.317 e. The first-order valence-electron chi connectivity index (χ1n) is 8.66. The number of ether oxygens (including phenoxy) is 1. The van der Waals surface area contributed by atoms with Crippen molar-refractivity contribution in [3.63, 3.8) is 0 Å². The lowest BCUT2D eigenvalue weighted by molar-refractivity contribution is -0.117. The largest absolute Gasteiger partial charge is 0.369 e. The third-order valence-electron chi connectivity index (χ3n) is 4.21. The molecule has 2 amide bonds. The fourth-order valence-corrected chi connectivity index (χ4v) is 4.29. The van der Waals surface area contributed by atoms with Gasteiger partial charge in [-0.25, -0.2) is 9.78 Å². The molecule has 0 radical (unpaired) electrons. The van der Waals surface area contributed by atoms with Gasteiger partial charge < -0.3 is 15.0 Å². The van der Waals surface area contributed by atoms with Crippen molar-refractivity contribution in [3.8, 4) is 11.3 Å². The zero-order chi connectivity index (χ0) is 18.9. The average Bonchev–Trinajstić information content (AvgIpc) is 2.92. The Hall–Kier alpha value is -1.63. The molecule has 26 heavy (non-hydrogen) atoms. The molecule has 0 unspecified atom stereocenters. The number of carbonyl (C=O) groups excluding carboxylic acids is 1. The van der Waals surface area contributed by atoms with Gasteiger partial charge in [-0.15, -0.1) is 11.3 Å². The van der Waals surface area contributed by atoms with Crippen LogP contribution in [0.2, 0.25) is 5.02 Å². The van der Waals surface area contributed by atoms with E-state index in [1.54, 1.807) is 11.3 Å². The van der Waals surface area contributed by atoms with Gasteiger partial charge in [-0.2, -0.15) is 0 Å². The van der Waals surface area contributed by atoms with E-state index in [9.17, 15) is 4.79 Å². The lowest BCUT2D eigenvalue weighted by Crippen LogP contribution is -2.56. The van der Waals surface area contributed by atoms with Gasteiger partial charge in [0.1, 0.15) is 5.01 Å². The van der Waals surface area contributed by atoms with E-state index in [-0.39, 0.29) is 17.7 Å². The summed E-state index contributed by atoms with van der Waals surface area (Å²) in [6.45, 7) is 9.64. The molecular weight excluding hydrogens is 370 g/mol. The molecule has 0 saturated carbocycles. The summed E-state index contributed by atoms with van der Waals surface area (Å²) >= 11 is 7.55. The molecule has 1 atom stereocenters. The number of thiazole rings is 1. The first-order valence-corrected chi connectivity index (χ1v) is 9.86. The maximum atomic E-state index is 12.5. The molecule has 1 aromatic carbocycles. The van der Waals surface area contributed by atoms with Crippen LogP contribution in [0.25, 0.3) is 11.3 Å². The quantitative estimate of drug-likeness (QED) is 0.836. The summed E-state index contributed by atoms with van der Waals surface area (Å²) in [6.07, 6.45) is 0.0307. The molecule has 1 N–H and O–H groups in total. The number of urea groups is 1. The molecule has 2 heterocycles. The van der Waals surface area contributed by atoms with E-state index in [0.29, 0.717) is 24.7 Å². The van der Waals surface area contributed by atoms with Gasteiger partial charge in [-0.1, -0.05) is 23.7 Å². The van der Waals surface area contributed by atoms with Crippen LogP contribution in [0.5, 0.6) is 0 Å². The SMILES string of the molecule is Cc1sc(CNC(=O)N2C[C@H](C)OC(C)(C)C2)nc1-c1ccc(Cl)cc1. The van der Waals surface area contributed by atoms with Gasteiger partial charge in [0.2, 0.25) is 0 Å². The van der Waals surface area contributed by atoms with Crippen LogP contribution in [0, 0.1) is 6.92 Å². The van der Waals surface area contributed by atoms with E-state index >= 15 is 0 Å². The Morgan fingerprint density at radius 1 is 1.42 bits per heavy atom. The number of hydrogen-bond donors (Lipinski definition) is 1. The van der Waals surface area contributed by atoms with Crippen LogP contribution < -0.4 is 5.32 Å². The monoisotopic (exact) mass is 393 g/mol. The summed E-state index contributed by atoms with van der Waals surface area (Å²) in [7, 11) is 0. The summed E-state index contributed by atoms with van der Waals surface area (Å²) in [5, 5.41) is 4.58. The zero-order valence-electron chi connectivity index (χ0n) is 15.5. The zero-order valence-corrected chi connectivity index (χ0v) is 17.1. The maximum absolute atomic E-state index is 12.5. The van der Waals surface area contributed by atoms with Crippen LogP contribution >= 0.6 is 22.9 Å². The summed E-state index contributed by atoms with van der Waals surface area (Å²) in [5.74, 6) is 0. The number of amides is 2. The molecule has 1 aliphatic heterocycles. The lowest BCUT2D eigenvalue weighted by atomic mass is 10.1. The molecule has 1 aliphatic rings. The van der Waals surface area contributed by atoms with Crippen molar-refractivity contribution in [1.82, 2.24) is 15.2 Å². The Balaban J connectivity index is 1.64. The summed E-state index contributed by atoms with van der Waals surface area (Å²) in [6, 6.07) is 7.57. The van der Waals surface area contributed by atoms with Crippen LogP contribution in [0.15, 0.2) is 24.3 Å². The molecule has 1 saturated heterocycles. The Bertz CT molecular complexity index is 789. The molecule has 0 spiro atoms. The Kier molecular flexibility index (Phi) is 5.55. The molecule has 1 aromatic heterocycles. The van der Waals surface area contributed by atoms with E-state index in [4.69, 9.17) is 16.3 Å². The minimum atomic E-state index is -0.325. The van der Waals surface area contributed by atoms with Crippen LogP contribution in [-0.2, 0) is 11.3 Å². The van der Waals surface area contributed by atoms with E-state index in [0.717, 1.165) is 21.1 Å². The molecule has 1 fully saturated rings. The molecule has 7 heteroatoms. The Labute approximate surface area is 163 Å². The van der Waals surface area contributed by atoms with Crippen LogP contribution in [-0.4, -0.2) is 40.7 Å². The van der Waals surface area contributed by atoms with E-state index in [1.165, 1.54) is 0 Å². The summed E-state index contributed by atoms with van der Waals surface area (Å²) in [4.78, 5) is 20.2. The third-order valence-corrected chi connectivity index (χ3v) is 5.43. The first-order chi connectivity index (χ1) is 12.2. The number of morpholine rings is 1. The number of hydrogen-bond acceptors (Lipinski definition) is 4. The van der Waals surface area contributed by atoms with Crippen LogP contribution in [0.3, 0.4) is 0 Å². The van der Waals surface area contributed by atoms with E-state index < -0.39 is 0 Å². The van der Waals surface area contributed by atoms with Crippen molar-refractivity contribution in [2.24, 2.45) is 0 Å². The van der Waals surface area contributed by atoms with Gasteiger partial charge in [0, 0.05) is 22.0 Å². The van der Waals surface area contributed by atoms with Crippen molar-refractivity contribution in [2.45, 2.75) is 45.9 Å². The lowest BCUT2D eigenvalue weighted by Gasteiger charge is -2.41. The molecule has 140 valence electrons. The van der Waals surface area contributed by atoms with E-state index in [2.05, 4.69) is 10.3 Å². The minimum Gasteiger partial charge on any atom is -0.369 e. The van der Waals surface area contributed by atoms with Crippen molar-refractivity contribution in [2.75, 3.05) is 13.1 Å². The second-order valence-corrected chi connectivity index (χ2v) is 8.97. The van der Waals surface area contributed by atoms with Crippen molar-refractivity contribution < 1.29 is 9.53 Å². The van der Waals surface area contributed by atoms with Gasteiger partial charge in [-0.05, 0) is 39.8 Å². The highest BCUT2D eigenvalue weighted by atomic mass is 35.5. The predicted molar refractivity (Wildman–Crippen MR) is 106 cm³/mol. The fraction of sp³-hybridized carbons (Fsp3) is 0.474. The highest BCUT2D eigenvalue weighted by molar-refractivity contribution is 7.12. The molecule has 5 nitrogen and oxygen atoms in total. The van der Waals surface area contributed by atoms with Crippen LogP contribution in [0.1, 0.15) is 30.7 Å². The number of rotatable bonds is 3. The molecule has 0 bridgehead atoms. The normalized spacial score (nSPS) is 19.4. The van der Waals surface area contributed by atoms with Gasteiger partial charge in [0.25, 0.3) is 0 Å². The van der Waals surface area contributed by atoms with Crippen molar-refractivity contribution >= 4 is 29.0 Å². The topological polar surface area (TPSA) is 54.5 Å². The molecule has 3 rings (SSSR count). The van der Waals surface area contributed by atoms with Crippen LogP contribution in [0.4, 0.5) is 4.79 Å². The summed E-state index contributed by atoms with van der Waals surface area (Å²) in [5.41, 5.74) is 1.65. The standard InChI is InChI=1S/C19H24ClN3O2S/c1-12-10-23(11-19(3,4)25-12)18(24)21-9-16-22-17(13(2)26-16)14-5-7-15(20)8-6-14/h5-8,12H,9-11H2,1-4H3,(H,21,24)/t12-/m0/s1. The average molecular weight is 394 g/mol. The maximum Gasteiger partial charge on any atom is 0.317 e. The number of carbonyl (C=O) groups is 1. The predicted octanol–water partition coefficient (Wildman–Crippen LogP) is 4.48. The summed E-state index contributed by atoms with van der Waals surface area (Å²) < 4.78 is 5.85. The van der Waals surface area contributed by atoms with Crippen molar-refractivity contribution in [3.05, 3.63) is 39.2 Å². The number of halogens is 1. The van der Waals surface area contributed by atoms with Gasteiger partial charge in [0.05, 0.1) is 30.5 Å². The number of benzene rings is 1. The number of nitrogens with zero attached hydrogens (tertiary/aromatic N) is 2. The number of aromatic nitrogens is 1. The molecular formula is C19H24ClN3O2S. The second kappa shape index (κ2) is 7.55.